The fraction of sp³-hybridized carbons (Fsp3) is 1.00. The lowest BCUT2D eigenvalue weighted by molar-refractivity contribution is 0.343. The van der Waals surface area contributed by atoms with Gasteiger partial charge in [0, 0.05) is 6.84 Å². The topological polar surface area (TPSA) is 0 Å². The van der Waals surface area contributed by atoms with E-state index in [9.17, 15) is 0 Å². The first-order valence-corrected chi connectivity index (χ1v) is 9.95. The SMILES string of the molecule is CC(I)(CCC(C)(I)C1CCCC1)C1CCCC1. The van der Waals surface area contributed by atoms with Crippen LogP contribution in [-0.4, -0.2) is 6.84 Å². The van der Waals surface area contributed by atoms with E-state index in [1.54, 1.807) is 0 Å². The second kappa shape index (κ2) is 6.48. The van der Waals surface area contributed by atoms with Gasteiger partial charge in [0.25, 0.3) is 0 Å². The van der Waals surface area contributed by atoms with Crippen LogP contribution in [0.2, 0.25) is 0 Å². The second-order valence-corrected chi connectivity index (χ2v) is 11.9. The van der Waals surface area contributed by atoms with E-state index in [1.807, 2.05) is 0 Å². The number of hydrogen-bond acceptors (Lipinski definition) is 0. The van der Waals surface area contributed by atoms with Crippen LogP contribution >= 0.6 is 45.2 Å². The summed E-state index contributed by atoms with van der Waals surface area (Å²) in [5.41, 5.74) is 0. The van der Waals surface area contributed by atoms with Gasteiger partial charge in [-0.2, -0.15) is 0 Å². The molecule has 0 bridgehead atoms. The summed E-state index contributed by atoms with van der Waals surface area (Å²) in [6.07, 6.45) is 14.7. The lowest BCUT2D eigenvalue weighted by atomic mass is 9.82. The van der Waals surface area contributed by atoms with Crippen LogP contribution in [0, 0.1) is 11.8 Å². The lowest BCUT2D eigenvalue weighted by Crippen LogP contribution is -2.32. The van der Waals surface area contributed by atoms with Crippen molar-refractivity contribution in [3.63, 3.8) is 0 Å². The normalized spacial score (nSPS) is 29.3. The molecule has 2 saturated carbocycles. The van der Waals surface area contributed by atoms with Crippen molar-refractivity contribution >= 4 is 45.2 Å². The van der Waals surface area contributed by atoms with Gasteiger partial charge in [-0.15, -0.1) is 0 Å². The minimum Gasteiger partial charge on any atom is -0.0789 e. The molecule has 0 radical (unpaired) electrons. The largest absolute Gasteiger partial charge is 0.0789 e. The highest BCUT2D eigenvalue weighted by molar-refractivity contribution is 14.1. The molecule has 0 saturated heterocycles. The van der Waals surface area contributed by atoms with Crippen LogP contribution in [0.25, 0.3) is 0 Å². The van der Waals surface area contributed by atoms with E-state index in [2.05, 4.69) is 59.0 Å². The fourth-order valence-corrected chi connectivity index (χ4v) is 5.74. The summed E-state index contributed by atoms with van der Waals surface area (Å²) in [6, 6.07) is 0. The molecule has 2 unspecified atom stereocenters. The minimum absolute atomic E-state index is 0.555. The van der Waals surface area contributed by atoms with Gasteiger partial charge < -0.3 is 0 Å². The van der Waals surface area contributed by atoms with Crippen molar-refractivity contribution in [2.75, 3.05) is 0 Å². The van der Waals surface area contributed by atoms with Crippen molar-refractivity contribution in [2.45, 2.75) is 84.9 Å². The third-order valence-corrected chi connectivity index (χ3v) is 8.36. The molecule has 0 aromatic rings. The molecule has 0 aromatic heterocycles. The molecule has 0 nitrogen and oxygen atoms in total. The molecule has 0 aliphatic heterocycles. The Kier molecular flexibility index (Phi) is 5.71. The second-order valence-electron chi connectivity index (χ2n) is 7.02. The summed E-state index contributed by atoms with van der Waals surface area (Å²) in [7, 11) is 0. The molecule has 2 heteroatoms. The van der Waals surface area contributed by atoms with Gasteiger partial charge in [0.1, 0.15) is 0 Å². The first-order valence-electron chi connectivity index (χ1n) is 7.80. The van der Waals surface area contributed by atoms with Crippen molar-refractivity contribution < 1.29 is 0 Å². The smallest absolute Gasteiger partial charge is 0.0222 e. The summed E-state index contributed by atoms with van der Waals surface area (Å²) >= 11 is 5.56. The van der Waals surface area contributed by atoms with Crippen LogP contribution in [0.15, 0.2) is 0 Å². The quantitative estimate of drug-likeness (QED) is 0.314. The van der Waals surface area contributed by atoms with E-state index in [4.69, 9.17) is 0 Å². The highest BCUT2D eigenvalue weighted by Crippen LogP contribution is 2.48. The predicted molar refractivity (Wildman–Crippen MR) is 98.0 cm³/mol. The summed E-state index contributed by atoms with van der Waals surface area (Å²) in [5, 5.41) is 0. The zero-order valence-corrected chi connectivity index (χ0v) is 16.3. The molecule has 106 valence electrons. The Morgan fingerprint density at radius 1 is 0.722 bits per heavy atom. The molecule has 2 atom stereocenters. The Morgan fingerprint density at radius 3 is 1.28 bits per heavy atom. The van der Waals surface area contributed by atoms with E-state index in [0.29, 0.717) is 6.84 Å². The van der Waals surface area contributed by atoms with Crippen LogP contribution in [0.3, 0.4) is 0 Å². The van der Waals surface area contributed by atoms with Crippen LogP contribution in [0.4, 0.5) is 0 Å². The molecule has 0 N–H and O–H groups in total. The minimum atomic E-state index is 0.555. The van der Waals surface area contributed by atoms with Gasteiger partial charge in [-0.3, -0.25) is 0 Å². The Bertz CT molecular complexity index is 230. The number of alkyl halides is 2. The maximum absolute atomic E-state index is 2.78. The van der Waals surface area contributed by atoms with E-state index < -0.39 is 0 Å². The average Bonchev–Trinajstić information content (AvgIpc) is 2.99. The predicted octanol–water partition coefficient (Wildman–Crippen LogP) is 6.53. The Morgan fingerprint density at radius 2 is 1.00 bits per heavy atom. The van der Waals surface area contributed by atoms with Gasteiger partial charge in [-0.25, -0.2) is 0 Å². The van der Waals surface area contributed by atoms with E-state index in [1.165, 1.54) is 64.2 Å². The van der Waals surface area contributed by atoms with E-state index in [0.717, 1.165) is 11.8 Å². The Hall–Kier alpha value is 1.46. The molecular formula is C16H28I2. The first kappa shape index (κ1) is 15.8. The van der Waals surface area contributed by atoms with Gasteiger partial charge in [0.2, 0.25) is 0 Å². The standard InChI is InChI=1S/C16H28I2/c1-15(17,13-7-3-4-8-13)11-12-16(2,18)14-9-5-6-10-14/h13-14H,3-12H2,1-2H3. The highest BCUT2D eigenvalue weighted by atomic mass is 127. The van der Waals surface area contributed by atoms with Crippen LogP contribution in [0.1, 0.15) is 78.1 Å². The van der Waals surface area contributed by atoms with Gasteiger partial charge >= 0.3 is 0 Å². The zero-order chi connectivity index (χ0) is 13.2. The molecule has 18 heavy (non-hydrogen) atoms. The summed E-state index contributed by atoms with van der Waals surface area (Å²) in [6.45, 7) is 5.04. The maximum atomic E-state index is 2.78. The Balaban J connectivity index is 1.85. The third kappa shape index (κ3) is 3.98. The van der Waals surface area contributed by atoms with Crippen molar-refractivity contribution in [3.8, 4) is 0 Å². The number of halogens is 2. The van der Waals surface area contributed by atoms with E-state index in [-0.39, 0.29) is 0 Å². The molecule has 0 heterocycles. The van der Waals surface area contributed by atoms with Crippen molar-refractivity contribution in [3.05, 3.63) is 0 Å². The molecule has 2 fully saturated rings. The monoisotopic (exact) mass is 474 g/mol. The summed E-state index contributed by atoms with van der Waals surface area (Å²) in [4.78, 5) is 0. The van der Waals surface area contributed by atoms with E-state index >= 15 is 0 Å². The molecule has 2 aliphatic rings. The summed E-state index contributed by atoms with van der Waals surface area (Å²) in [5.74, 6) is 1.99. The van der Waals surface area contributed by atoms with Crippen molar-refractivity contribution in [1.82, 2.24) is 0 Å². The highest BCUT2D eigenvalue weighted by Gasteiger charge is 2.38. The third-order valence-electron chi connectivity index (χ3n) is 5.52. The fourth-order valence-electron chi connectivity index (χ4n) is 3.95. The number of rotatable bonds is 5. The van der Waals surface area contributed by atoms with Gasteiger partial charge in [-0.1, -0.05) is 84.7 Å². The molecule has 2 rings (SSSR count). The molecule has 2 aliphatic carbocycles. The molecule has 0 aromatic carbocycles. The molecule has 0 spiro atoms. The van der Waals surface area contributed by atoms with Crippen molar-refractivity contribution in [2.24, 2.45) is 11.8 Å². The van der Waals surface area contributed by atoms with Crippen LogP contribution < -0.4 is 0 Å². The van der Waals surface area contributed by atoms with Crippen LogP contribution in [-0.2, 0) is 0 Å². The van der Waals surface area contributed by atoms with Gasteiger partial charge in [-0.05, 0) is 50.4 Å². The van der Waals surface area contributed by atoms with Crippen LogP contribution in [0.5, 0.6) is 0 Å². The maximum Gasteiger partial charge on any atom is 0.0222 e. The van der Waals surface area contributed by atoms with Crippen molar-refractivity contribution in [1.29, 1.82) is 0 Å². The van der Waals surface area contributed by atoms with Gasteiger partial charge in [0.15, 0.2) is 0 Å². The first-order chi connectivity index (χ1) is 8.42. The molecule has 0 amide bonds. The lowest BCUT2D eigenvalue weighted by Gasteiger charge is -2.36. The average molecular weight is 474 g/mol. The van der Waals surface area contributed by atoms with Gasteiger partial charge in [0.05, 0.1) is 0 Å². The Labute approximate surface area is 141 Å². The number of hydrogen-bond donors (Lipinski definition) is 0. The zero-order valence-electron chi connectivity index (χ0n) is 12.0. The summed E-state index contributed by atoms with van der Waals surface area (Å²) < 4.78 is 1.11. The molecular weight excluding hydrogens is 446 g/mol.